The summed E-state index contributed by atoms with van der Waals surface area (Å²) in [6.45, 7) is 6.07. The van der Waals surface area contributed by atoms with E-state index in [1.165, 1.54) is 23.9 Å². The number of aromatic amines is 1. The van der Waals surface area contributed by atoms with E-state index in [1.807, 2.05) is 20.8 Å². The first-order chi connectivity index (χ1) is 13.5. The number of ether oxygens (including phenoxy) is 2. The Balaban J connectivity index is 1.90. The summed E-state index contributed by atoms with van der Waals surface area (Å²) in [5, 5.41) is 0. The number of nitrogens with one attached hydrogen (secondary N) is 1. The van der Waals surface area contributed by atoms with Gasteiger partial charge in [0.1, 0.15) is 17.4 Å². The Morgan fingerprint density at radius 2 is 1.90 bits per heavy atom. The lowest BCUT2D eigenvalue weighted by Crippen LogP contribution is -2.29. The topological polar surface area (TPSA) is 107 Å². The molecule has 160 valence electrons. The molecule has 0 saturated heterocycles. The summed E-state index contributed by atoms with van der Waals surface area (Å²) in [7, 11) is -2.06. The van der Waals surface area contributed by atoms with Crippen LogP contribution in [0.1, 0.15) is 32.3 Å². The maximum Gasteiger partial charge on any atom is 0.330 e. The van der Waals surface area contributed by atoms with Crippen molar-refractivity contribution in [3.05, 3.63) is 56.9 Å². The number of benzene rings is 1. The van der Waals surface area contributed by atoms with Crippen molar-refractivity contribution in [2.45, 2.75) is 45.2 Å². The summed E-state index contributed by atoms with van der Waals surface area (Å²) < 4.78 is 37.8. The van der Waals surface area contributed by atoms with Crippen LogP contribution >= 0.6 is 0 Å². The van der Waals surface area contributed by atoms with Crippen LogP contribution in [0.3, 0.4) is 0 Å². The zero-order valence-corrected chi connectivity index (χ0v) is 18.0. The van der Waals surface area contributed by atoms with E-state index in [0.29, 0.717) is 25.2 Å². The third kappa shape index (κ3) is 6.57. The number of aromatic nitrogens is 2. The summed E-state index contributed by atoms with van der Waals surface area (Å²) in [4.78, 5) is 25.0. The van der Waals surface area contributed by atoms with E-state index in [4.69, 9.17) is 9.47 Å². The maximum atomic E-state index is 12.9. The standard InChI is InChI=1S/C20H28N2O6S/c1-15-6-7-17(16(12-15)27-4)29(25,26)13-20(2,3)9-5-11-28-14-22-10-8-18(23)21-19(22)24/h6-8,10,12H,5,9,11,13-14H2,1-4H3,(H,21,23,24). The van der Waals surface area contributed by atoms with Crippen LogP contribution < -0.4 is 16.0 Å². The van der Waals surface area contributed by atoms with Crippen LogP contribution in [0.25, 0.3) is 0 Å². The highest BCUT2D eigenvalue weighted by atomic mass is 32.2. The molecule has 0 spiro atoms. The maximum absolute atomic E-state index is 12.9. The van der Waals surface area contributed by atoms with Gasteiger partial charge in [-0.05, 0) is 42.9 Å². The molecule has 0 saturated carbocycles. The van der Waals surface area contributed by atoms with Crippen LogP contribution in [0, 0.1) is 12.3 Å². The van der Waals surface area contributed by atoms with Crippen molar-refractivity contribution in [3.63, 3.8) is 0 Å². The highest BCUT2D eigenvalue weighted by Crippen LogP contribution is 2.32. The molecule has 1 heterocycles. The second-order valence-electron chi connectivity index (χ2n) is 7.80. The van der Waals surface area contributed by atoms with Gasteiger partial charge in [-0.3, -0.25) is 14.3 Å². The molecule has 0 amide bonds. The molecular formula is C20H28N2O6S. The van der Waals surface area contributed by atoms with Gasteiger partial charge in [0.25, 0.3) is 5.56 Å². The Morgan fingerprint density at radius 3 is 2.55 bits per heavy atom. The smallest absolute Gasteiger partial charge is 0.330 e. The fraction of sp³-hybridized carbons (Fsp3) is 0.500. The Morgan fingerprint density at radius 1 is 1.17 bits per heavy atom. The summed E-state index contributed by atoms with van der Waals surface area (Å²) in [6.07, 6.45) is 2.62. The van der Waals surface area contributed by atoms with Crippen LogP contribution in [0.2, 0.25) is 0 Å². The fourth-order valence-corrected chi connectivity index (χ4v) is 5.11. The second-order valence-corrected chi connectivity index (χ2v) is 9.76. The van der Waals surface area contributed by atoms with Crippen LogP contribution in [0.4, 0.5) is 0 Å². The molecule has 0 aliphatic carbocycles. The van der Waals surface area contributed by atoms with Gasteiger partial charge in [0.2, 0.25) is 0 Å². The third-order valence-corrected chi connectivity index (χ3v) is 6.67. The van der Waals surface area contributed by atoms with Crippen LogP contribution in [0.5, 0.6) is 5.75 Å². The normalized spacial score (nSPS) is 12.1. The zero-order valence-electron chi connectivity index (χ0n) is 17.2. The van der Waals surface area contributed by atoms with Crippen molar-refractivity contribution in [1.82, 2.24) is 9.55 Å². The number of sulfone groups is 1. The van der Waals surface area contributed by atoms with Gasteiger partial charge in [-0.15, -0.1) is 0 Å². The molecule has 9 heteroatoms. The van der Waals surface area contributed by atoms with Crippen LogP contribution in [-0.2, 0) is 21.3 Å². The lowest BCUT2D eigenvalue weighted by atomic mass is 9.90. The minimum absolute atomic E-state index is 0.0151. The van der Waals surface area contributed by atoms with Gasteiger partial charge in [0, 0.05) is 18.9 Å². The molecule has 0 radical (unpaired) electrons. The lowest BCUT2D eigenvalue weighted by molar-refractivity contribution is 0.0663. The average molecular weight is 425 g/mol. The number of hydrogen-bond donors (Lipinski definition) is 1. The molecule has 2 aromatic rings. The molecule has 29 heavy (non-hydrogen) atoms. The first-order valence-electron chi connectivity index (χ1n) is 9.29. The minimum atomic E-state index is -3.52. The molecule has 0 aliphatic rings. The van der Waals surface area contributed by atoms with Gasteiger partial charge in [0.05, 0.1) is 12.9 Å². The number of hydrogen-bond acceptors (Lipinski definition) is 6. The molecule has 2 rings (SSSR count). The van der Waals surface area contributed by atoms with E-state index in [-0.39, 0.29) is 17.4 Å². The molecular weight excluding hydrogens is 396 g/mol. The molecule has 1 aromatic carbocycles. The van der Waals surface area contributed by atoms with Gasteiger partial charge in [0.15, 0.2) is 9.84 Å². The highest BCUT2D eigenvalue weighted by Gasteiger charge is 2.29. The van der Waals surface area contributed by atoms with Gasteiger partial charge < -0.3 is 9.47 Å². The highest BCUT2D eigenvalue weighted by molar-refractivity contribution is 7.91. The van der Waals surface area contributed by atoms with Crippen molar-refractivity contribution in [3.8, 4) is 5.75 Å². The molecule has 0 aliphatic heterocycles. The number of rotatable bonds is 10. The SMILES string of the molecule is COc1cc(C)ccc1S(=O)(=O)CC(C)(C)CCCOCn1ccc(=O)[nH]c1=O. The second kappa shape index (κ2) is 9.41. The molecule has 0 atom stereocenters. The molecule has 0 fully saturated rings. The summed E-state index contributed by atoms with van der Waals surface area (Å²) in [5.41, 5.74) is -0.526. The Bertz CT molecular complexity index is 1050. The molecule has 1 aromatic heterocycles. The number of nitrogens with zero attached hydrogens (tertiary/aromatic N) is 1. The van der Waals surface area contributed by atoms with Gasteiger partial charge in [-0.25, -0.2) is 13.2 Å². The number of methoxy groups -OCH3 is 1. The van der Waals surface area contributed by atoms with E-state index in [0.717, 1.165) is 5.56 Å². The van der Waals surface area contributed by atoms with Gasteiger partial charge in [-0.2, -0.15) is 0 Å². The quantitative estimate of drug-likeness (QED) is 0.585. The average Bonchev–Trinajstić information content (AvgIpc) is 2.61. The third-order valence-electron chi connectivity index (χ3n) is 4.50. The Hall–Kier alpha value is -2.39. The Kier molecular flexibility index (Phi) is 7.43. The van der Waals surface area contributed by atoms with Crippen molar-refractivity contribution in [2.75, 3.05) is 19.5 Å². The van der Waals surface area contributed by atoms with Crippen molar-refractivity contribution in [2.24, 2.45) is 5.41 Å². The largest absolute Gasteiger partial charge is 0.495 e. The first kappa shape index (κ1) is 22.9. The van der Waals surface area contributed by atoms with Crippen LogP contribution in [0.15, 0.2) is 44.9 Å². The molecule has 1 N–H and O–H groups in total. The van der Waals surface area contributed by atoms with E-state index >= 15 is 0 Å². The van der Waals surface area contributed by atoms with Crippen molar-refractivity contribution < 1.29 is 17.9 Å². The van der Waals surface area contributed by atoms with E-state index in [9.17, 15) is 18.0 Å². The van der Waals surface area contributed by atoms with E-state index in [1.54, 1.807) is 18.2 Å². The molecule has 0 bridgehead atoms. The van der Waals surface area contributed by atoms with Crippen molar-refractivity contribution in [1.29, 1.82) is 0 Å². The predicted molar refractivity (Wildman–Crippen MR) is 110 cm³/mol. The van der Waals surface area contributed by atoms with Gasteiger partial charge >= 0.3 is 5.69 Å². The Labute approximate surface area is 170 Å². The monoisotopic (exact) mass is 424 g/mol. The zero-order chi connectivity index (χ0) is 21.7. The fourth-order valence-electron chi connectivity index (χ4n) is 3.06. The van der Waals surface area contributed by atoms with E-state index in [2.05, 4.69) is 4.98 Å². The summed E-state index contributed by atoms with van der Waals surface area (Å²) in [5.74, 6) is 0.342. The van der Waals surface area contributed by atoms with E-state index < -0.39 is 26.5 Å². The molecule has 0 unspecified atom stereocenters. The van der Waals surface area contributed by atoms with Gasteiger partial charge in [-0.1, -0.05) is 19.9 Å². The number of H-pyrrole nitrogens is 1. The summed E-state index contributed by atoms with van der Waals surface area (Å²) >= 11 is 0. The molecule has 8 nitrogen and oxygen atoms in total. The summed E-state index contributed by atoms with van der Waals surface area (Å²) in [6, 6.07) is 6.31. The first-order valence-corrected chi connectivity index (χ1v) is 10.9. The lowest BCUT2D eigenvalue weighted by Gasteiger charge is -2.25. The number of aryl methyl sites for hydroxylation is 1. The minimum Gasteiger partial charge on any atom is -0.495 e. The van der Waals surface area contributed by atoms with Crippen LogP contribution in [-0.4, -0.2) is 37.4 Å². The predicted octanol–water partition coefficient (Wildman–Crippen LogP) is 2.11. The van der Waals surface area contributed by atoms with Crippen molar-refractivity contribution >= 4 is 9.84 Å².